The lowest BCUT2D eigenvalue weighted by Gasteiger charge is -2.32. The molecular weight excluding hydrogens is 326 g/mol. The lowest BCUT2D eigenvalue weighted by atomic mass is 9.89. The van der Waals surface area contributed by atoms with E-state index in [-0.39, 0.29) is 16.9 Å². The second kappa shape index (κ2) is 5.45. The van der Waals surface area contributed by atoms with Gasteiger partial charge in [-0.3, -0.25) is 0 Å². The van der Waals surface area contributed by atoms with E-state index in [2.05, 4.69) is 0 Å². The van der Waals surface area contributed by atoms with Crippen molar-refractivity contribution in [3.05, 3.63) is 54.1 Å². The minimum atomic E-state index is -5.96. The van der Waals surface area contributed by atoms with Crippen LogP contribution in [-0.2, 0) is 5.60 Å². The van der Waals surface area contributed by atoms with Crippen molar-refractivity contribution in [2.24, 2.45) is 0 Å². The zero-order valence-electron chi connectivity index (χ0n) is 11.3. The molecule has 2 aromatic rings. The van der Waals surface area contributed by atoms with E-state index in [0.717, 1.165) is 6.07 Å². The normalized spacial score (nSPS) is 13.2. The summed E-state index contributed by atoms with van der Waals surface area (Å²) in [5.74, 6) is -0.313. The Hall–Kier alpha value is -2.22. The monoisotopic (exact) mass is 336 g/mol. The van der Waals surface area contributed by atoms with Gasteiger partial charge in [0.15, 0.2) is 0 Å². The molecule has 0 radical (unpaired) electrons. The maximum absolute atomic E-state index is 12.9. The van der Waals surface area contributed by atoms with Gasteiger partial charge in [-0.05, 0) is 17.7 Å². The molecule has 0 aliphatic carbocycles. The van der Waals surface area contributed by atoms with Crippen LogP contribution in [0.2, 0.25) is 0 Å². The number of aliphatic hydroxyl groups is 1. The van der Waals surface area contributed by atoms with Crippen LogP contribution in [0.1, 0.15) is 5.56 Å². The molecule has 2 N–H and O–H groups in total. The molecule has 0 amide bonds. The Balaban J connectivity index is 2.65. The summed E-state index contributed by atoms with van der Waals surface area (Å²) in [6.07, 6.45) is -11.9. The van der Waals surface area contributed by atoms with Crippen LogP contribution in [0.5, 0.6) is 5.75 Å². The molecule has 0 aliphatic heterocycles. The number of halogens is 6. The molecule has 2 nitrogen and oxygen atoms in total. The van der Waals surface area contributed by atoms with Crippen molar-refractivity contribution in [3.8, 4) is 16.9 Å². The van der Waals surface area contributed by atoms with Crippen LogP contribution in [0.4, 0.5) is 26.3 Å². The third-order valence-corrected chi connectivity index (χ3v) is 3.32. The average molecular weight is 336 g/mol. The summed E-state index contributed by atoms with van der Waals surface area (Å²) < 4.78 is 77.3. The topological polar surface area (TPSA) is 40.5 Å². The van der Waals surface area contributed by atoms with Crippen LogP contribution in [0.3, 0.4) is 0 Å². The zero-order valence-corrected chi connectivity index (χ0v) is 11.3. The zero-order chi connectivity index (χ0) is 17.5. The van der Waals surface area contributed by atoms with Crippen molar-refractivity contribution in [1.82, 2.24) is 0 Å². The second-order valence-corrected chi connectivity index (χ2v) is 4.80. The van der Waals surface area contributed by atoms with E-state index in [4.69, 9.17) is 0 Å². The average Bonchev–Trinajstić information content (AvgIpc) is 2.44. The molecular formula is C15H10F6O2. The van der Waals surface area contributed by atoms with E-state index >= 15 is 0 Å². The fraction of sp³-hybridized carbons (Fsp3) is 0.200. The number of para-hydroxylation sites is 1. The predicted molar refractivity (Wildman–Crippen MR) is 69.5 cm³/mol. The molecule has 2 rings (SSSR count). The summed E-state index contributed by atoms with van der Waals surface area (Å²) in [5.41, 5.74) is -6.42. The van der Waals surface area contributed by atoms with E-state index in [0.29, 0.717) is 12.1 Å². The van der Waals surface area contributed by atoms with Gasteiger partial charge in [-0.1, -0.05) is 36.4 Å². The summed E-state index contributed by atoms with van der Waals surface area (Å²) in [5, 5.41) is 19.1. The summed E-state index contributed by atoms with van der Waals surface area (Å²) >= 11 is 0. The van der Waals surface area contributed by atoms with Gasteiger partial charge in [0.1, 0.15) is 5.75 Å². The van der Waals surface area contributed by atoms with Crippen molar-refractivity contribution >= 4 is 0 Å². The Bertz CT molecular complexity index is 692. The first-order valence-corrected chi connectivity index (χ1v) is 6.23. The standard InChI is InChI=1S/C15H10F6O2/c16-14(17,18)13(23,15(19,20)21)10-5-3-4-9(8-10)11-6-1-2-7-12(11)22/h1-8,22-23H. The summed E-state index contributed by atoms with van der Waals surface area (Å²) in [6, 6.07) is 8.73. The molecule has 0 aromatic heterocycles. The van der Waals surface area contributed by atoms with Gasteiger partial charge in [0.05, 0.1) is 0 Å². The third-order valence-electron chi connectivity index (χ3n) is 3.32. The van der Waals surface area contributed by atoms with E-state index in [1.54, 1.807) is 0 Å². The first-order valence-electron chi connectivity index (χ1n) is 6.23. The summed E-state index contributed by atoms with van der Waals surface area (Å²) in [7, 11) is 0. The largest absolute Gasteiger partial charge is 0.507 e. The summed E-state index contributed by atoms with van der Waals surface area (Å²) in [4.78, 5) is 0. The van der Waals surface area contributed by atoms with Crippen LogP contribution >= 0.6 is 0 Å². The van der Waals surface area contributed by atoms with Crippen LogP contribution in [0.25, 0.3) is 11.1 Å². The molecule has 0 unspecified atom stereocenters. The molecule has 0 bridgehead atoms. The van der Waals surface area contributed by atoms with E-state index in [9.17, 15) is 36.6 Å². The Kier molecular flexibility index (Phi) is 4.06. The third kappa shape index (κ3) is 2.86. The highest BCUT2D eigenvalue weighted by atomic mass is 19.4. The van der Waals surface area contributed by atoms with Crippen molar-refractivity contribution in [1.29, 1.82) is 0 Å². The minimum Gasteiger partial charge on any atom is -0.507 e. The Labute approximate surface area is 126 Å². The molecule has 124 valence electrons. The highest BCUT2D eigenvalue weighted by Crippen LogP contribution is 2.50. The van der Waals surface area contributed by atoms with Crippen LogP contribution in [0, 0.1) is 0 Å². The SMILES string of the molecule is Oc1ccccc1-c1cccc(C(O)(C(F)(F)F)C(F)(F)F)c1. The molecule has 2 aromatic carbocycles. The van der Waals surface area contributed by atoms with Crippen molar-refractivity contribution in [2.75, 3.05) is 0 Å². The highest BCUT2D eigenvalue weighted by molar-refractivity contribution is 5.70. The van der Waals surface area contributed by atoms with Gasteiger partial charge < -0.3 is 10.2 Å². The number of phenols is 1. The fourth-order valence-electron chi connectivity index (χ4n) is 2.12. The number of benzene rings is 2. The predicted octanol–water partition coefficient (Wildman–Crippen LogP) is 4.37. The smallest absolute Gasteiger partial charge is 0.430 e. The molecule has 0 aliphatic rings. The molecule has 0 saturated carbocycles. The van der Waals surface area contributed by atoms with Gasteiger partial charge >= 0.3 is 12.4 Å². The lowest BCUT2D eigenvalue weighted by Crippen LogP contribution is -2.53. The van der Waals surface area contributed by atoms with E-state index < -0.39 is 23.5 Å². The molecule has 0 heterocycles. The van der Waals surface area contributed by atoms with Gasteiger partial charge in [-0.25, -0.2) is 0 Å². The van der Waals surface area contributed by atoms with Gasteiger partial charge in [-0.15, -0.1) is 0 Å². The van der Waals surface area contributed by atoms with Crippen LogP contribution in [0.15, 0.2) is 48.5 Å². The van der Waals surface area contributed by atoms with Gasteiger partial charge in [-0.2, -0.15) is 26.3 Å². The van der Waals surface area contributed by atoms with Crippen molar-refractivity contribution in [2.45, 2.75) is 18.0 Å². The Morgan fingerprint density at radius 1 is 0.739 bits per heavy atom. The first-order chi connectivity index (χ1) is 10.5. The molecule has 0 fully saturated rings. The van der Waals surface area contributed by atoms with Crippen LogP contribution < -0.4 is 0 Å². The molecule has 0 spiro atoms. The van der Waals surface area contributed by atoms with E-state index in [1.165, 1.54) is 30.3 Å². The number of phenolic OH excluding ortho intramolecular Hbond substituents is 1. The molecule has 8 heteroatoms. The van der Waals surface area contributed by atoms with Gasteiger partial charge in [0, 0.05) is 11.1 Å². The van der Waals surface area contributed by atoms with E-state index in [1.807, 2.05) is 0 Å². The minimum absolute atomic E-state index is 0.0426. The molecule has 0 atom stereocenters. The van der Waals surface area contributed by atoms with Gasteiger partial charge in [0.25, 0.3) is 5.60 Å². The number of aromatic hydroxyl groups is 1. The Morgan fingerprint density at radius 3 is 1.83 bits per heavy atom. The number of rotatable bonds is 2. The number of hydrogen-bond donors (Lipinski definition) is 2. The second-order valence-electron chi connectivity index (χ2n) is 4.80. The maximum Gasteiger partial charge on any atom is 0.430 e. The summed E-state index contributed by atoms with van der Waals surface area (Å²) in [6.45, 7) is 0. The van der Waals surface area contributed by atoms with Gasteiger partial charge in [0.2, 0.25) is 0 Å². The maximum atomic E-state index is 12.9. The number of alkyl halides is 6. The fourth-order valence-corrected chi connectivity index (χ4v) is 2.12. The van der Waals surface area contributed by atoms with Crippen molar-refractivity contribution in [3.63, 3.8) is 0 Å². The highest BCUT2D eigenvalue weighted by Gasteiger charge is 2.71. The number of hydrogen-bond acceptors (Lipinski definition) is 2. The van der Waals surface area contributed by atoms with Crippen LogP contribution in [-0.4, -0.2) is 22.6 Å². The lowest BCUT2D eigenvalue weighted by molar-refractivity contribution is -0.376. The molecule has 23 heavy (non-hydrogen) atoms. The first kappa shape index (κ1) is 17.1. The quantitative estimate of drug-likeness (QED) is 0.800. The Morgan fingerprint density at radius 2 is 1.30 bits per heavy atom. The van der Waals surface area contributed by atoms with Crippen molar-refractivity contribution < 1.29 is 36.6 Å². The molecule has 0 saturated heterocycles.